The maximum Gasteiger partial charge on any atom is 0.282 e. The van der Waals surface area contributed by atoms with Crippen molar-refractivity contribution in [3.8, 4) is 0 Å². The van der Waals surface area contributed by atoms with E-state index in [0.29, 0.717) is 19.6 Å². The molecule has 1 atom stereocenters. The second kappa shape index (κ2) is 8.97. The predicted octanol–water partition coefficient (Wildman–Crippen LogP) is 1.82. The Morgan fingerprint density at radius 3 is 2.55 bits per heavy atom. The summed E-state index contributed by atoms with van der Waals surface area (Å²) >= 11 is 0. The molecule has 0 aromatic rings. The third-order valence-corrected chi connectivity index (χ3v) is 5.99. The summed E-state index contributed by atoms with van der Waals surface area (Å²) in [5, 5.41) is 3.37. The van der Waals surface area contributed by atoms with Crippen molar-refractivity contribution in [1.82, 2.24) is 13.9 Å². The first-order valence-electron chi connectivity index (χ1n) is 8.05. The molecule has 1 N–H and O–H groups in total. The molecule has 120 valence electrons. The Labute approximate surface area is 124 Å². The molecule has 1 unspecified atom stereocenters. The van der Waals surface area contributed by atoms with Crippen LogP contribution in [0.3, 0.4) is 0 Å². The highest BCUT2D eigenvalue weighted by molar-refractivity contribution is 7.86. The van der Waals surface area contributed by atoms with E-state index in [4.69, 9.17) is 0 Å². The molecule has 0 aliphatic carbocycles. The van der Waals surface area contributed by atoms with Crippen LogP contribution in [0.1, 0.15) is 52.9 Å². The summed E-state index contributed by atoms with van der Waals surface area (Å²) in [6.07, 6.45) is 5.02. The summed E-state index contributed by atoms with van der Waals surface area (Å²) in [6.45, 7) is 9.64. The zero-order chi connectivity index (χ0) is 15.0. The molecule has 6 heteroatoms. The van der Waals surface area contributed by atoms with Crippen LogP contribution in [0.4, 0.5) is 0 Å². The highest BCUT2D eigenvalue weighted by Gasteiger charge is 2.35. The van der Waals surface area contributed by atoms with Gasteiger partial charge in [-0.3, -0.25) is 0 Å². The molecule has 0 aromatic carbocycles. The molecule has 1 heterocycles. The van der Waals surface area contributed by atoms with Gasteiger partial charge in [0.1, 0.15) is 0 Å². The number of nitrogens with zero attached hydrogens (tertiary/aromatic N) is 2. The van der Waals surface area contributed by atoms with Gasteiger partial charge in [-0.25, -0.2) is 0 Å². The van der Waals surface area contributed by atoms with E-state index in [9.17, 15) is 8.42 Å². The lowest BCUT2D eigenvalue weighted by Gasteiger charge is -2.37. The fraction of sp³-hybridized carbons (Fsp3) is 1.00. The smallest absolute Gasteiger partial charge is 0.282 e. The van der Waals surface area contributed by atoms with Crippen molar-refractivity contribution < 1.29 is 8.42 Å². The van der Waals surface area contributed by atoms with Crippen LogP contribution in [0, 0.1) is 0 Å². The van der Waals surface area contributed by atoms with Crippen LogP contribution >= 0.6 is 0 Å². The van der Waals surface area contributed by atoms with Crippen LogP contribution in [0.25, 0.3) is 0 Å². The van der Waals surface area contributed by atoms with Gasteiger partial charge >= 0.3 is 0 Å². The van der Waals surface area contributed by atoms with E-state index in [1.54, 1.807) is 8.61 Å². The molecule has 0 saturated carbocycles. The van der Waals surface area contributed by atoms with Crippen molar-refractivity contribution >= 4 is 10.2 Å². The van der Waals surface area contributed by atoms with Crippen LogP contribution in [-0.2, 0) is 10.2 Å². The summed E-state index contributed by atoms with van der Waals surface area (Å²) in [5.41, 5.74) is 0. The average Bonchev–Trinajstić information content (AvgIpc) is 2.45. The Morgan fingerprint density at radius 1 is 1.20 bits per heavy atom. The van der Waals surface area contributed by atoms with E-state index in [-0.39, 0.29) is 6.04 Å². The van der Waals surface area contributed by atoms with Crippen LogP contribution in [0.15, 0.2) is 0 Å². The Bertz CT molecular complexity index is 359. The molecule has 0 bridgehead atoms. The number of hydrogen-bond acceptors (Lipinski definition) is 3. The molecular weight excluding hydrogens is 274 g/mol. The highest BCUT2D eigenvalue weighted by atomic mass is 32.2. The highest BCUT2D eigenvalue weighted by Crippen LogP contribution is 2.22. The van der Waals surface area contributed by atoms with Gasteiger partial charge in [0.2, 0.25) is 0 Å². The van der Waals surface area contributed by atoms with Gasteiger partial charge in [0.05, 0.1) is 0 Å². The SMILES string of the molecule is CCCNCC1CCCCN1S(=O)(=O)N(CC)CCC. The van der Waals surface area contributed by atoms with Gasteiger partial charge in [-0.15, -0.1) is 0 Å². The van der Waals surface area contributed by atoms with Gasteiger partial charge in [0.15, 0.2) is 0 Å². The van der Waals surface area contributed by atoms with Crippen molar-refractivity contribution in [3.05, 3.63) is 0 Å². The van der Waals surface area contributed by atoms with E-state index >= 15 is 0 Å². The molecule has 1 aliphatic heterocycles. The minimum Gasteiger partial charge on any atom is -0.315 e. The van der Waals surface area contributed by atoms with Crippen LogP contribution in [0.5, 0.6) is 0 Å². The first kappa shape index (κ1) is 17.9. The maximum atomic E-state index is 12.8. The van der Waals surface area contributed by atoms with Crippen LogP contribution in [-0.4, -0.2) is 55.8 Å². The maximum absolute atomic E-state index is 12.8. The fourth-order valence-corrected chi connectivity index (χ4v) is 4.71. The van der Waals surface area contributed by atoms with Gasteiger partial charge in [-0.2, -0.15) is 17.0 Å². The lowest BCUT2D eigenvalue weighted by atomic mass is 10.1. The van der Waals surface area contributed by atoms with Gasteiger partial charge in [-0.05, 0) is 32.2 Å². The summed E-state index contributed by atoms with van der Waals surface area (Å²) in [5.74, 6) is 0. The van der Waals surface area contributed by atoms with Crippen molar-refractivity contribution in [1.29, 1.82) is 0 Å². The third-order valence-electron chi connectivity index (χ3n) is 3.83. The van der Waals surface area contributed by atoms with E-state index < -0.39 is 10.2 Å². The number of rotatable bonds is 9. The van der Waals surface area contributed by atoms with Crippen LogP contribution < -0.4 is 5.32 Å². The first-order valence-corrected chi connectivity index (χ1v) is 9.45. The second-order valence-corrected chi connectivity index (χ2v) is 7.34. The molecule has 0 aromatic heterocycles. The van der Waals surface area contributed by atoms with Gasteiger partial charge < -0.3 is 5.32 Å². The topological polar surface area (TPSA) is 52.7 Å². The monoisotopic (exact) mass is 305 g/mol. The van der Waals surface area contributed by atoms with Crippen LogP contribution in [0.2, 0.25) is 0 Å². The fourth-order valence-electron chi connectivity index (χ4n) is 2.76. The molecule has 1 rings (SSSR count). The number of piperidine rings is 1. The Kier molecular flexibility index (Phi) is 8.02. The largest absolute Gasteiger partial charge is 0.315 e. The zero-order valence-electron chi connectivity index (χ0n) is 13.3. The number of nitrogens with one attached hydrogen (secondary N) is 1. The molecular formula is C14H31N3O2S. The minimum absolute atomic E-state index is 0.117. The van der Waals surface area contributed by atoms with Crippen molar-refractivity contribution in [2.45, 2.75) is 58.9 Å². The van der Waals surface area contributed by atoms with Gasteiger partial charge in [0, 0.05) is 32.2 Å². The van der Waals surface area contributed by atoms with E-state index in [1.807, 2.05) is 13.8 Å². The van der Waals surface area contributed by atoms with E-state index in [2.05, 4.69) is 12.2 Å². The summed E-state index contributed by atoms with van der Waals surface area (Å²) < 4.78 is 28.9. The van der Waals surface area contributed by atoms with E-state index in [0.717, 1.165) is 45.2 Å². The zero-order valence-corrected chi connectivity index (χ0v) is 14.1. The molecule has 0 spiro atoms. The van der Waals surface area contributed by atoms with E-state index in [1.165, 1.54) is 0 Å². The number of hydrogen-bond donors (Lipinski definition) is 1. The first-order chi connectivity index (χ1) is 9.57. The third kappa shape index (κ3) is 4.69. The molecule has 1 aliphatic rings. The predicted molar refractivity (Wildman–Crippen MR) is 84.0 cm³/mol. The molecule has 1 saturated heterocycles. The summed E-state index contributed by atoms with van der Waals surface area (Å²) in [6, 6.07) is 0.117. The summed E-state index contributed by atoms with van der Waals surface area (Å²) in [7, 11) is -3.30. The summed E-state index contributed by atoms with van der Waals surface area (Å²) in [4.78, 5) is 0. The van der Waals surface area contributed by atoms with Gasteiger partial charge in [0.25, 0.3) is 10.2 Å². The lowest BCUT2D eigenvalue weighted by Crippen LogP contribution is -2.53. The van der Waals surface area contributed by atoms with Crippen molar-refractivity contribution in [2.24, 2.45) is 0 Å². The Balaban J connectivity index is 2.76. The quantitative estimate of drug-likeness (QED) is 0.661. The minimum atomic E-state index is -3.30. The molecule has 5 nitrogen and oxygen atoms in total. The molecule has 0 radical (unpaired) electrons. The molecule has 0 amide bonds. The molecule has 20 heavy (non-hydrogen) atoms. The Morgan fingerprint density at radius 2 is 1.95 bits per heavy atom. The van der Waals surface area contributed by atoms with Gasteiger partial charge in [-0.1, -0.05) is 27.2 Å². The standard InChI is InChI=1S/C14H31N3O2S/c1-4-10-15-13-14-9-7-8-12-17(14)20(18,19)16(6-3)11-5-2/h14-15H,4-13H2,1-3H3. The van der Waals surface area contributed by atoms with Crippen molar-refractivity contribution in [2.75, 3.05) is 32.7 Å². The lowest BCUT2D eigenvalue weighted by molar-refractivity contribution is 0.227. The molecule has 1 fully saturated rings. The second-order valence-electron chi connectivity index (χ2n) is 5.46. The Hall–Kier alpha value is -0.170. The average molecular weight is 305 g/mol. The van der Waals surface area contributed by atoms with Crippen molar-refractivity contribution in [3.63, 3.8) is 0 Å². The normalized spacial score (nSPS) is 21.5.